The molecule has 0 radical (unpaired) electrons. The summed E-state index contributed by atoms with van der Waals surface area (Å²) in [5.41, 5.74) is -1.06. The summed E-state index contributed by atoms with van der Waals surface area (Å²) in [6.45, 7) is 7.21. The fourth-order valence-electron chi connectivity index (χ4n) is 1.82. The average Bonchev–Trinajstić information content (AvgIpc) is 2.12. The Hall–Kier alpha value is -0.900. The highest BCUT2D eigenvalue weighted by atomic mass is 16.3. The van der Waals surface area contributed by atoms with E-state index < -0.39 is 11.4 Å². The second-order valence-corrected chi connectivity index (χ2v) is 5.06. The second kappa shape index (κ2) is 4.53. The van der Waals surface area contributed by atoms with Gasteiger partial charge in [0.25, 0.3) is 0 Å². The van der Waals surface area contributed by atoms with Crippen LogP contribution in [0.4, 0.5) is 0 Å². The monoisotopic (exact) mass is 223 g/mol. The van der Waals surface area contributed by atoms with Crippen molar-refractivity contribution in [3.63, 3.8) is 0 Å². The first kappa shape index (κ1) is 13.2. The Morgan fingerprint density at radius 3 is 1.75 bits per heavy atom. The maximum absolute atomic E-state index is 10.0. The zero-order chi connectivity index (χ0) is 12.4. The van der Waals surface area contributed by atoms with Gasteiger partial charge in [-0.05, 0) is 33.3 Å². The smallest absolute Gasteiger partial charge is 0.115 e. The van der Waals surface area contributed by atoms with Crippen molar-refractivity contribution in [1.29, 1.82) is 0 Å². The molecule has 0 saturated carbocycles. The van der Waals surface area contributed by atoms with Gasteiger partial charge >= 0.3 is 0 Å². The summed E-state index contributed by atoms with van der Waals surface area (Å²) in [6.07, 6.45) is 0. The zero-order valence-electron chi connectivity index (χ0n) is 10.4. The predicted octanol–water partition coefficient (Wildman–Crippen LogP) is 1.95. The lowest BCUT2D eigenvalue weighted by Gasteiger charge is -2.42. The summed E-state index contributed by atoms with van der Waals surface area (Å²) in [4.78, 5) is 1.65. The molecule has 0 aliphatic rings. The van der Waals surface area contributed by atoms with Crippen LogP contribution in [0.5, 0.6) is 0 Å². The molecular formula is C13H21NO2. The van der Waals surface area contributed by atoms with Crippen molar-refractivity contribution < 1.29 is 10.2 Å². The Morgan fingerprint density at radius 1 is 0.938 bits per heavy atom. The molecule has 0 atom stereocenters. The van der Waals surface area contributed by atoms with E-state index in [0.717, 1.165) is 5.56 Å². The van der Waals surface area contributed by atoms with Crippen molar-refractivity contribution in [2.24, 2.45) is 0 Å². The molecule has 0 amide bonds. The van der Waals surface area contributed by atoms with Crippen LogP contribution in [0.25, 0.3) is 0 Å². The van der Waals surface area contributed by atoms with Crippen molar-refractivity contribution in [2.75, 3.05) is 0 Å². The van der Waals surface area contributed by atoms with Gasteiger partial charge in [0.05, 0.1) is 0 Å². The minimum Gasteiger partial charge on any atom is -0.376 e. The van der Waals surface area contributed by atoms with Crippen LogP contribution in [0.1, 0.15) is 33.3 Å². The molecule has 1 rings (SSSR count). The molecule has 0 saturated heterocycles. The van der Waals surface area contributed by atoms with Crippen LogP contribution in [0.2, 0.25) is 0 Å². The zero-order valence-corrected chi connectivity index (χ0v) is 10.4. The van der Waals surface area contributed by atoms with Gasteiger partial charge in [-0.25, -0.2) is 4.90 Å². The molecule has 0 unspecified atom stereocenters. The first-order valence-electron chi connectivity index (χ1n) is 5.47. The van der Waals surface area contributed by atoms with E-state index >= 15 is 0 Å². The molecule has 0 aliphatic heterocycles. The van der Waals surface area contributed by atoms with Crippen LogP contribution in [0, 0.1) is 0 Å². The van der Waals surface area contributed by atoms with Gasteiger partial charge in [-0.2, -0.15) is 0 Å². The minimum atomic E-state index is -1.06. The van der Waals surface area contributed by atoms with Gasteiger partial charge in [-0.1, -0.05) is 30.3 Å². The fraction of sp³-hybridized carbons (Fsp3) is 0.538. The lowest BCUT2D eigenvalue weighted by atomic mass is 10.1. The SMILES string of the molecule is CC(C)(O)N(Cc1ccccc1)C(C)(C)O. The molecule has 3 nitrogen and oxygen atoms in total. The molecule has 0 aromatic heterocycles. The number of hydrogen-bond donors (Lipinski definition) is 2. The van der Waals surface area contributed by atoms with Crippen molar-refractivity contribution in [3.05, 3.63) is 35.9 Å². The summed E-state index contributed by atoms with van der Waals surface area (Å²) in [6, 6.07) is 9.79. The van der Waals surface area contributed by atoms with E-state index in [-0.39, 0.29) is 0 Å². The van der Waals surface area contributed by atoms with Gasteiger partial charge in [-0.3, -0.25) is 0 Å². The highest BCUT2D eigenvalue weighted by molar-refractivity contribution is 5.15. The molecule has 1 aromatic carbocycles. The number of nitrogens with zero attached hydrogens (tertiary/aromatic N) is 1. The van der Waals surface area contributed by atoms with Crippen LogP contribution in [0.3, 0.4) is 0 Å². The molecule has 1 aromatic rings. The van der Waals surface area contributed by atoms with Crippen molar-refractivity contribution in [3.8, 4) is 0 Å². The van der Waals surface area contributed by atoms with Crippen LogP contribution in [0.15, 0.2) is 30.3 Å². The van der Waals surface area contributed by atoms with Gasteiger partial charge in [0, 0.05) is 6.54 Å². The predicted molar refractivity (Wildman–Crippen MR) is 64.6 cm³/mol. The molecule has 90 valence electrons. The van der Waals surface area contributed by atoms with E-state index in [4.69, 9.17) is 0 Å². The van der Waals surface area contributed by atoms with Crippen LogP contribution in [-0.4, -0.2) is 26.6 Å². The largest absolute Gasteiger partial charge is 0.376 e. The standard InChI is InChI=1S/C13H21NO2/c1-12(2,15)14(13(3,4)16)10-11-8-6-5-7-9-11/h5-9,15-16H,10H2,1-4H3. The molecule has 16 heavy (non-hydrogen) atoms. The number of hydrogen-bond acceptors (Lipinski definition) is 3. The Morgan fingerprint density at radius 2 is 1.38 bits per heavy atom. The Balaban J connectivity index is 2.89. The molecule has 3 heteroatoms. The van der Waals surface area contributed by atoms with E-state index in [0.29, 0.717) is 6.54 Å². The van der Waals surface area contributed by atoms with Crippen molar-refractivity contribution in [1.82, 2.24) is 4.90 Å². The van der Waals surface area contributed by atoms with Gasteiger partial charge < -0.3 is 10.2 Å². The van der Waals surface area contributed by atoms with Crippen molar-refractivity contribution in [2.45, 2.75) is 45.7 Å². The summed E-state index contributed by atoms with van der Waals surface area (Å²) >= 11 is 0. The van der Waals surface area contributed by atoms with Crippen LogP contribution >= 0.6 is 0 Å². The Bertz CT molecular complexity index is 308. The van der Waals surface area contributed by atoms with E-state index in [2.05, 4.69) is 0 Å². The maximum Gasteiger partial charge on any atom is 0.115 e. The van der Waals surface area contributed by atoms with Gasteiger partial charge in [-0.15, -0.1) is 0 Å². The third-order valence-corrected chi connectivity index (χ3v) is 2.50. The summed E-state index contributed by atoms with van der Waals surface area (Å²) in [5.74, 6) is 0. The molecule has 0 spiro atoms. The Labute approximate surface area is 97.3 Å². The van der Waals surface area contributed by atoms with Crippen LogP contribution in [-0.2, 0) is 6.54 Å². The molecule has 0 bridgehead atoms. The van der Waals surface area contributed by atoms with E-state index in [9.17, 15) is 10.2 Å². The third-order valence-electron chi connectivity index (χ3n) is 2.50. The first-order valence-corrected chi connectivity index (χ1v) is 5.47. The number of rotatable bonds is 4. The normalized spacial score (nSPS) is 13.2. The summed E-state index contributed by atoms with van der Waals surface area (Å²) in [5, 5.41) is 20.1. The summed E-state index contributed by atoms with van der Waals surface area (Å²) < 4.78 is 0. The maximum atomic E-state index is 10.0. The second-order valence-electron chi connectivity index (χ2n) is 5.06. The summed E-state index contributed by atoms with van der Waals surface area (Å²) in [7, 11) is 0. The molecular weight excluding hydrogens is 202 g/mol. The Kier molecular flexibility index (Phi) is 3.73. The van der Waals surface area contributed by atoms with E-state index in [1.807, 2.05) is 30.3 Å². The highest BCUT2D eigenvalue weighted by Gasteiger charge is 2.34. The number of benzene rings is 1. The fourth-order valence-corrected chi connectivity index (χ4v) is 1.82. The van der Waals surface area contributed by atoms with Gasteiger partial charge in [0.1, 0.15) is 11.4 Å². The topological polar surface area (TPSA) is 43.7 Å². The molecule has 0 heterocycles. The van der Waals surface area contributed by atoms with Crippen LogP contribution < -0.4 is 0 Å². The third kappa shape index (κ3) is 3.59. The molecule has 0 fully saturated rings. The lowest BCUT2D eigenvalue weighted by molar-refractivity contribution is -0.205. The van der Waals surface area contributed by atoms with Gasteiger partial charge in [0.15, 0.2) is 0 Å². The van der Waals surface area contributed by atoms with E-state index in [1.54, 1.807) is 32.6 Å². The minimum absolute atomic E-state index is 0.508. The van der Waals surface area contributed by atoms with Crippen molar-refractivity contribution >= 4 is 0 Å². The molecule has 2 N–H and O–H groups in total. The lowest BCUT2D eigenvalue weighted by Crippen LogP contribution is -2.54. The van der Waals surface area contributed by atoms with E-state index in [1.165, 1.54) is 0 Å². The highest BCUT2D eigenvalue weighted by Crippen LogP contribution is 2.23. The average molecular weight is 223 g/mol. The first-order chi connectivity index (χ1) is 7.21. The van der Waals surface area contributed by atoms with Gasteiger partial charge in [0.2, 0.25) is 0 Å². The molecule has 0 aliphatic carbocycles. The quantitative estimate of drug-likeness (QED) is 0.767. The number of aliphatic hydroxyl groups is 2.